The summed E-state index contributed by atoms with van der Waals surface area (Å²) >= 11 is 0. The molecule has 144 valence electrons. The van der Waals surface area contributed by atoms with Crippen LogP contribution < -0.4 is 4.72 Å². The topological polar surface area (TPSA) is 98.4 Å². The third-order valence-corrected chi connectivity index (χ3v) is 5.85. The van der Waals surface area contributed by atoms with Crippen LogP contribution in [0.3, 0.4) is 0 Å². The number of H-pyrrole nitrogens is 1. The van der Waals surface area contributed by atoms with Crippen molar-refractivity contribution in [2.75, 3.05) is 32.7 Å². The van der Waals surface area contributed by atoms with E-state index in [1.807, 2.05) is 6.08 Å². The maximum atomic E-state index is 12.7. The molecule has 1 aliphatic heterocycles. The molecule has 2 heterocycles. The van der Waals surface area contributed by atoms with Gasteiger partial charge in [0.05, 0.1) is 17.1 Å². The van der Waals surface area contributed by atoms with Gasteiger partial charge in [0, 0.05) is 44.5 Å². The third-order valence-electron chi connectivity index (χ3n) is 4.45. The van der Waals surface area contributed by atoms with E-state index in [0.717, 1.165) is 19.6 Å². The number of hydrogen-bond donors (Lipinski definition) is 2. The van der Waals surface area contributed by atoms with Gasteiger partial charge < -0.3 is 4.90 Å². The highest BCUT2D eigenvalue weighted by atomic mass is 32.2. The normalized spacial score (nSPS) is 15.6. The Morgan fingerprint density at radius 1 is 1.26 bits per heavy atom. The van der Waals surface area contributed by atoms with Crippen LogP contribution in [0, 0.1) is 0 Å². The number of piperazine rings is 1. The van der Waals surface area contributed by atoms with Crippen LogP contribution in [0.15, 0.2) is 54.1 Å². The van der Waals surface area contributed by atoms with Crippen molar-refractivity contribution in [3.05, 3.63) is 60.4 Å². The minimum Gasteiger partial charge on any atom is -0.336 e. The van der Waals surface area contributed by atoms with E-state index in [1.165, 1.54) is 12.1 Å². The molecule has 3 rings (SSSR count). The maximum Gasteiger partial charge on any atom is 0.253 e. The van der Waals surface area contributed by atoms with Gasteiger partial charge in [0.1, 0.15) is 0 Å². The average molecular weight is 389 g/mol. The summed E-state index contributed by atoms with van der Waals surface area (Å²) in [7, 11) is -3.73. The fourth-order valence-corrected chi connectivity index (χ4v) is 3.99. The number of carbonyl (C=O) groups is 1. The van der Waals surface area contributed by atoms with E-state index in [4.69, 9.17) is 0 Å². The standard InChI is InChI=1S/C18H23N5O3S/c1-2-8-22-9-11-23(12-10-22)18(24)15-4-3-5-17(13-15)27(25,26)20-14-16-6-7-19-21-16/h2-7,13,20H,1,8-12,14H2,(H,19,21). The smallest absolute Gasteiger partial charge is 0.253 e. The minimum atomic E-state index is -3.73. The summed E-state index contributed by atoms with van der Waals surface area (Å²) in [6.07, 6.45) is 3.40. The fourth-order valence-electron chi connectivity index (χ4n) is 2.93. The number of nitrogens with zero attached hydrogens (tertiary/aromatic N) is 3. The molecule has 1 fully saturated rings. The number of amides is 1. The number of aromatic nitrogens is 2. The SMILES string of the molecule is C=CCN1CCN(C(=O)c2cccc(S(=O)(=O)NCc3ccn[nH]3)c2)CC1. The molecule has 1 aliphatic rings. The molecule has 8 nitrogen and oxygen atoms in total. The Hall–Kier alpha value is -2.49. The van der Waals surface area contributed by atoms with E-state index in [1.54, 1.807) is 29.3 Å². The lowest BCUT2D eigenvalue weighted by atomic mass is 10.2. The van der Waals surface area contributed by atoms with Gasteiger partial charge in [-0.25, -0.2) is 13.1 Å². The first kappa shape index (κ1) is 19.3. The van der Waals surface area contributed by atoms with Gasteiger partial charge in [-0.2, -0.15) is 5.10 Å². The maximum absolute atomic E-state index is 12.7. The number of rotatable bonds is 7. The molecule has 0 spiro atoms. The molecule has 27 heavy (non-hydrogen) atoms. The highest BCUT2D eigenvalue weighted by Gasteiger charge is 2.23. The molecule has 9 heteroatoms. The third kappa shape index (κ3) is 4.82. The molecule has 1 aromatic carbocycles. The molecule has 1 amide bonds. The van der Waals surface area contributed by atoms with Gasteiger partial charge in [-0.15, -0.1) is 6.58 Å². The molecular formula is C18H23N5O3S. The van der Waals surface area contributed by atoms with E-state index >= 15 is 0 Å². The molecule has 0 atom stereocenters. The predicted octanol–water partition coefficient (Wildman–Crippen LogP) is 0.832. The van der Waals surface area contributed by atoms with Crippen LogP contribution >= 0.6 is 0 Å². The van der Waals surface area contributed by atoms with Gasteiger partial charge >= 0.3 is 0 Å². The largest absolute Gasteiger partial charge is 0.336 e. The predicted molar refractivity (Wildman–Crippen MR) is 102 cm³/mol. The van der Waals surface area contributed by atoms with E-state index < -0.39 is 10.0 Å². The van der Waals surface area contributed by atoms with Crippen molar-refractivity contribution >= 4 is 15.9 Å². The molecule has 0 radical (unpaired) electrons. The van der Waals surface area contributed by atoms with Crippen LogP contribution in [0.4, 0.5) is 0 Å². The van der Waals surface area contributed by atoms with Crippen LogP contribution in [0.5, 0.6) is 0 Å². The number of nitrogens with one attached hydrogen (secondary N) is 2. The number of benzene rings is 1. The number of carbonyl (C=O) groups excluding carboxylic acids is 1. The second-order valence-corrected chi connectivity index (χ2v) is 8.08. The fraction of sp³-hybridized carbons (Fsp3) is 0.333. The minimum absolute atomic E-state index is 0.0677. The Labute approximate surface area is 158 Å². The number of hydrogen-bond acceptors (Lipinski definition) is 5. The summed E-state index contributed by atoms with van der Waals surface area (Å²) in [5, 5.41) is 6.48. The van der Waals surface area contributed by atoms with E-state index in [-0.39, 0.29) is 17.3 Å². The van der Waals surface area contributed by atoms with Gasteiger partial charge in [0.25, 0.3) is 5.91 Å². The van der Waals surface area contributed by atoms with Crippen LogP contribution in [-0.2, 0) is 16.6 Å². The highest BCUT2D eigenvalue weighted by molar-refractivity contribution is 7.89. The van der Waals surface area contributed by atoms with Crippen molar-refractivity contribution < 1.29 is 13.2 Å². The zero-order valence-electron chi connectivity index (χ0n) is 15.0. The summed E-state index contributed by atoms with van der Waals surface area (Å²) in [5.74, 6) is -0.154. The molecule has 0 saturated carbocycles. The molecular weight excluding hydrogens is 366 g/mol. The van der Waals surface area contributed by atoms with Crippen molar-refractivity contribution in [3.8, 4) is 0 Å². The Balaban J connectivity index is 1.67. The Morgan fingerprint density at radius 3 is 2.70 bits per heavy atom. The van der Waals surface area contributed by atoms with Crippen molar-refractivity contribution in [1.29, 1.82) is 0 Å². The Morgan fingerprint density at radius 2 is 2.04 bits per heavy atom. The zero-order chi connectivity index (χ0) is 19.3. The molecule has 1 saturated heterocycles. The van der Waals surface area contributed by atoms with Gasteiger partial charge in [-0.05, 0) is 24.3 Å². The van der Waals surface area contributed by atoms with Crippen molar-refractivity contribution in [1.82, 2.24) is 24.7 Å². The van der Waals surface area contributed by atoms with Crippen molar-refractivity contribution in [3.63, 3.8) is 0 Å². The Kier molecular flexibility index (Phi) is 6.04. The van der Waals surface area contributed by atoms with Gasteiger partial charge in [-0.1, -0.05) is 12.1 Å². The van der Waals surface area contributed by atoms with Crippen LogP contribution in [0.1, 0.15) is 16.1 Å². The number of aromatic amines is 1. The second kappa shape index (κ2) is 8.47. The first-order valence-electron chi connectivity index (χ1n) is 8.70. The second-order valence-electron chi connectivity index (χ2n) is 6.32. The first-order valence-corrected chi connectivity index (χ1v) is 10.2. The van der Waals surface area contributed by atoms with E-state index in [9.17, 15) is 13.2 Å². The molecule has 0 bridgehead atoms. The molecule has 1 aromatic heterocycles. The van der Waals surface area contributed by atoms with Gasteiger partial charge in [0.15, 0.2) is 0 Å². The van der Waals surface area contributed by atoms with Crippen LogP contribution in [0.25, 0.3) is 0 Å². The summed E-state index contributed by atoms with van der Waals surface area (Å²) in [6, 6.07) is 7.83. The number of sulfonamides is 1. The quantitative estimate of drug-likeness (QED) is 0.684. The van der Waals surface area contributed by atoms with Gasteiger partial charge in [-0.3, -0.25) is 14.8 Å². The lowest BCUT2D eigenvalue weighted by Crippen LogP contribution is -2.48. The summed E-state index contributed by atoms with van der Waals surface area (Å²) in [6.45, 7) is 7.42. The monoisotopic (exact) mass is 389 g/mol. The summed E-state index contributed by atoms with van der Waals surface area (Å²) in [4.78, 5) is 16.8. The van der Waals surface area contributed by atoms with E-state index in [2.05, 4.69) is 26.4 Å². The summed E-state index contributed by atoms with van der Waals surface area (Å²) in [5.41, 5.74) is 1.03. The lowest BCUT2D eigenvalue weighted by molar-refractivity contribution is 0.0650. The average Bonchev–Trinajstić information content (AvgIpc) is 3.21. The van der Waals surface area contributed by atoms with Crippen molar-refractivity contribution in [2.45, 2.75) is 11.4 Å². The van der Waals surface area contributed by atoms with Crippen LogP contribution in [-0.4, -0.2) is 67.0 Å². The molecule has 2 N–H and O–H groups in total. The zero-order valence-corrected chi connectivity index (χ0v) is 15.8. The van der Waals surface area contributed by atoms with Crippen LogP contribution in [0.2, 0.25) is 0 Å². The summed E-state index contributed by atoms with van der Waals surface area (Å²) < 4.78 is 27.5. The molecule has 0 aliphatic carbocycles. The molecule has 0 unspecified atom stereocenters. The lowest BCUT2D eigenvalue weighted by Gasteiger charge is -2.34. The highest BCUT2D eigenvalue weighted by Crippen LogP contribution is 2.15. The Bertz CT molecular complexity index is 887. The van der Waals surface area contributed by atoms with E-state index in [0.29, 0.717) is 24.3 Å². The van der Waals surface area contributed by atoms with Crippen molar-refractivity contribution in [2.24, 2.45) is 0 Å². The van der Waals surface area contributed by atoms with Gasteiger partial charge in [0.2, 0.25) is 10.0 Å². The molecule has 2 aromatic rings. The first-order chi connectivity index (χ1) is 13.0.